The Labute approximate surface area is 160 Å². The molecule has 0 aromatic heterocycles. The number of aryl methyl sites for hydroxylation is 1. The second-order valence-corrected chi connectivity index (χ2v) is 7.12. The second-order valence-electron chi connectivity index (χ2n) is 7.12. The quantitative estimate of drug-likeness (QED) is 0.727. The lowest BCUT2D eigenvalue weighted by atomic mass is 10.1. The number of carbonyl (C=O) groups excluding carboxylic acids is 2. The minimum absolute atomic E-state index is 0.0340. The highest BCUT2D eigenvalue weighted by Gasteiger charge is 2.34. The molecule has 0 unspecified atom stereocenters. The Morgan fingerprint density at radius 1 is 1.15 bits per heavy atom. The van der Waals surface area contributed by atoms with Crippen LogP contribution in [0.15, 0.2) is 61.2 Å². The van der Waals surface area contributed by atoms with Crippen LogP contribution >= 0.6 is 0 Å². The predicted molar refractivity (Wildman–Crippen MR) is 108 cm³/mol. The van der Waals surface area contributed by atoms with E-state index in [0.29, 0.717) is 19.5 Å². The number of carbonyl (C=O) groups is 2. The van der Waals surface area contributed by atoms with Crippen molar-refractivity contribution in [2.45, 2.75) is 32.7 Å². The SMILES string of the molecule is C=CCNC(=O)Cc1ccc(N(Cc2cccc(C)c2)C(=O)C2CC2)cc1. The lowest BCUT2D eigenvalue weighted by molar-refractivity contribution is -0.120. The fourth-order valence-electron chi connectivity index (χ4n) is 3.07. The third-order valence-corrected chi connectivity index (χ3v) is 4.67. The number of nitrogens with zero attached hydrogens (tertiary/aromatic N) is 1. The molecule has 1 saturated carbocycles. The Balaban J connectivity index is 1.74. The lowest BCUT2D eigenvalue weighted by Gasteiger charge is -2.23. The molecule has 4 nitrogen and oxygen atoms in total. The number of nitrogens with one attached hydrogen (secondary N) is 1. The van der Waals surface area contributed by atoms with Crippen LogP contribution in [0, 0.1) is 12.8 Å². The molecule has 0 radical (unpaired) electrons. The van der Waals surface area contributed by atoms with E-state index in [0.717, 1.165) is 29.7 Å². The van der Waals surface area contributed by atoms with Gasteiger partial charge >= 0.3 is 0 Å². The molecule has 2 amide bonds. The zero-order chi connectivity index (χ0) is 19.2. The largest absolute Gasteiger partial charge is 0.352 e. The summed E-state index contributed by atoms with van der Waals surface area (Å²) in [6, 6.07) is 16.0. The fraction of sp³-hybridized carbons (Fsp3) is 0.304. The van der Waals surface area contributed by atoms with Gasteiger partial charge in [-0.25, -0.2) is 0 Å². The standard InChI is InChI=1S/C23H26N2O2/c1-3-13-24-22(26)15-18-7-11-21(12-8-18)25(23(27)20-9-10-20)16-19-6-4-5-17(2)14-19/h3-8,11-12,14,20H,1,9-10,13,15-16H2,2H3,(H,24,26). The summed E-state index contributed by atoms with van der Waals surface area (Å²) in [6.07, 6.45) is 3.94. The summed E-state index contributed by atoms with van der Waals surface area (Å²) < 4.78 is 0. The van der Waals surface area contributed by atoms with Gasteiger partial charge in [0.15, 0.2) is 0 Å². The van der Waals surface area contributed by atoms with Crippen molar-refractivity contribution in [3.8, 4) is 0 Å². The number of benzene rings is 2. The average Bonchev–Trinajstić information content (AvgIpc) is 3.50. The van der Waals surface area contributed by atoms with Gasteiger partial charge in [-0.1, -0.05) is 48.0 Å². The minimum Gasteiger partial charge on any atom is -0.352 e. The van der Waals surface area contributed by atoms with Gasteiger partial charge in [0.2, 0.25) is 11.8 Å². The van der Waals surface area contributed by atoms with E-state index in [4.69, 9.17) is 0 Å². The third-order valence-electron chi connectivity index (χ3n) is 4.67. The van der Waals surface area contributed by atoms with Crippen molar-refractivity contribution in [2.24, 2.45) is 5.92 Å². The van der Waals surface area contributed by atoms with E-state index >= 15 is 0 Å². The molecule has 1 aliphatic rings. The highest BCUT2D eigenvalue weighted by Crippen LogP contribution is 2.33. The normalized spacial score (nSPS) is 13.1. The van der Waals surface area contributed by atoms with Crippen LogP contribution in [-0.2, 0) is 22.6 Å². The first-order chi connectivity index (χ1) is 13.1. The molecule has 0 spiro atoms. The smallest absolute Gasteiger partial charge is 0.230 e. The molecule has 0 heterocycles. The van der Waals surface area contributed by atoms with E-state index in [-0.39, 0.29) is 17.7 Å². The van der Waals surface area contributed by atoms with E-state index < -0.39 is 0 Å². The summed E-state index contributed by atoms with van der Waals surface area (Å²) in [5, 5.41) is 2.78. The van der Waals surface area contributed by atoms with Crippen LogP contribution in [-0.4, -0.2) is 18.4 Å². The Morgan fingerprint density at radius 2 is 1.89 bits per heavy atom. The van der Waals surface area contributed by atoms with Crippen LogP contribution in [0.3, 0.4) is 0 Å². The summed E-state index contributed by atoms with van der Waals surface area (Å²) in [7, 11) is 0. The van der Waals surface area contributed by atoms with Crippen molar-refractivity contribution < 1.29 is 9.59 Å². The maximum atomic E-state index is 12.8. The van der Waals surface area contributed by atoms with E-state index in [2.05, 4.69) is 37.0 Å². The molecule has 2 aromatic carbocycles. The first-order valence-electron chi connectivity index (χ1n) is 9.40. The zero-order valence-corrected chi connectivity index (χ0v) is 15.8. The summed E-state index contributed by atoms with van der Waals surface area (Å²) in [5.74, 6) is 0.306. The van der Waals surface area contributed by atoms with Crippen LogP contribution in [0.4, 0.5) is 5.69 Å². The van der Waals surface area contributed by atoms with Crippen molar-refractivity contribution in [3.05, 3.63) is 77.9 Å². The monoisotopic (exact) mass is 362 g/mol. The molecule has 3 rings (SSSR count). The van der Waals surface area contributed by atoms with E-state index in [9.17, 15) is 9.59 Å². The molecule has 0 atom stereocenters. The molecular weight excluding hydrogens is 336 g/mol. The van der Waals surface area contributed by atoms with Crippen molar-refractivity contribution in [2.75, 3.05) is 11.4 Å². The maximum Gasteiger partial charge on any atom is 0.230 e. The van der Waals surface area contributed by atoms with Gasteiger partial charge in [-0.05, 0) is 43.0 Å². The number of hydrogen-bond donors (Lipinski definition) is 1. The summed E-state index contributed by atoms with van der Waals surface area (Å²) in [4.78, 5) is 26.5. The molecule has 27 heavy (non-hydrogen) atoms. The molecule has 1 fully saturated rings. The van der Waals surface area contributed by atoms with Crippen molar-refractivity contribution in [3.63, 3.8) is 0 Å². The van der Waals surface area contributed by atoms with Crippen LogP contribution in [0.5, 0.6) is 0 Å². The molecule has 1 N–H and O–H groups in total. The Kier molecular flexibility index (Phi) is 6.07. The van der Waals surface area contributed by atoms with Gasteiger partial charge < -0.3 is 10.2 Å². The van der Waals surface area contributed by atoms with Crippen LogP contribution < -0.4 is 10.2 Å². The Morgan fingerprint density at radius 3 is 2.52 bits per heavy atom. The molecule has 2 aromatic rings. The van der Waals surface area contributed by atoms with Crippen molar-refractivity contribution in [1.82, 2.24) is 5.32 Å². The Hall–Kier alpha value is -2.88. The van der Waals surface area contributed by atoms with Gasteiger partial charge in [0, 0.05) is 18.2 Å². The first-order valence-corrected chi connectivity index (χ1v) is 9.40. The van der Waals surface area contributed by atoms with Gasteiger partial charge in [0.1, 0.15) is 0 Å². The lowest BCUT2D eigenvalue weighted by Crippen LogP contribution is -2.31. The number of rotatable bonds is 8. The topological polar surface area (TPSA) is 49.4 Å². The highest BCUT2D eigenvalue weighted by atomic mass is 16.2. The van der Waals surface area contributed by atoms with Gasteiger partial charge in [0.05, 0.1) is 13.0 Å². The molecule has 0 aliphatic heterocycles. The molecule has 1 aliphatic carbocycles. The van der Waals surface area contributed by atoms with Gasteiger partial charge in [-0.2, -0.15) is 0 Å². The second kappa shape index (κ2) is 8.67. The van der Waals surface area contributed by atoms with E-state index in [1.807, 2.05) is 35.2 Å². The van der Waals surface area contributed by atoms with Gasteiger partial charge in [-0.3, -0.25) is 9.59 Å². The number of hydrogen-bond acceptors (Lipinski definition) is 2. The number of amides is 2. The fourth-order valence-corrected chi connectivity index (χ4v) is 3.07. The first kappa shape index (κ1) is 18.9. The van der Waals surface area contributed by atoms with Gasteiger partial charge in [-0.15, -0.1) is 6.58 Å². The summed E-state index contributed by atoms with van der Waals surface area (Å²) in [5.41, 5.74) is 4.11. The molecular formula is C23H26N2O2. The summed E-state index contributed by atoms with van der Waals surface area (Å²) >= 11 is 0. The third kappa shape index (κ3) is 5.30. The molecule has 0 saturated heterocycles. The minimum atomic E-state index is -0.0340. The maximum absolute atomic E-state index is 12.8. The Bertz CT molecular complexity index is 823. The van der Waals surface area contributed by atoms with E-state index in [1.54, 1.807) is 6.08 Å². The zero-order valence-electron chi connectivity index (χ0n) is 15.8. The predicted octanol–water partition coefficient (Wildman–Crippen LogP) is 3.78. The molecule has 140 valence electrons. The highest BCUT2D eigenvalue weighted by molar-refractivity contribution is 5.96. The van der Waals surface area contributed by atoms with Crippen LogP contribution in [0.2, 0.25) is 0 Å². The molecule has 4 heteroatoms. The number of anilines is 1. The summed E-state index contributed by atoms with van der Waals surface area (Å²) in [6.45, 7) is 6.69. The van der Waals surface area contributed by atoms with Crippen molar-refractivity contribution in [1.29, 1.82) is 0 Å². The van der Waals surface area contributed by atoms with Crippen molar-refractivity contribution >= 4 is 17.5 Å². The average molecular weight is 362 g/mol. The van der Waals surface area contributed by atoms with Crippen LogP contribution in [0.1, 0.15) is 29.5 Å². The van der Waals surface area contributed by atoms with Gasteiger partial charge in [0.25, 0.3) is 0 Å². The van der Waals surface area contributed by atoms with Crippen LogP contribution in [0.25, 0.3) is 0 Å². The molecule has 0 bridgehead atoms. The van der Waals surface area contributed by atoms with E-state index in [1.165, 1.54) is 5.56 Å².